The van der Waals surface area contributed by atoms with Crippen molar-refractivity contribution in [2.75, 3.05) is 19.5 Å². The van der Waals surface area contributed by atoms with Gasteiger partial charge in [0.25, 0.3) is 0 Å². The summed E-state index contributed by atoms with van der Waals surface area (Å²) in [7, 11) is 3.13. The Kier molecular flexibility index (Phi) is 5.22. The van der Waals surface area contributed by atoms with Crippen LogP contribution in [0.4, 0.5) is 14.9 Å². The molecule has 132 valence electrons. The molecule has 0 aliphatic heterocycles. The van der Waals surface area contributed by atoms with Gasteiger partial charge in [0.1, 0.15) is 0 Å². The van der Waals surface area contributed by atoms with Crippen molar-refractivity contribution in [2.45, 2.75) is 32.2 Å². The van der Waals surface area contributed by atoms with E-state index in [0.717, 1.165) is 24.9 Å². The normalized spacial score (nSPS) is 13.1. The minimum absolute atomic E-state index is 0.199. The van der Waals surface area contributed by atoms with Crippen molar-refractivity contribution < 1.29 is 13.9 Å². The predicted molar refractivity (Wildman–Crippen MR) is 96.5 cm³/mol. The highest BCUT2D eigenvalue weighted by molar-refractivity contribution is 5.90. The van der Waals surface area contributed by atoms with Gasteiger partial charge in [-0.25, -0.2) is 9.18 Å². The standard InChI is InChI=1S/C20H23FN2O2/c1-23(13-14-10-11-19(25-2)17(21)12-14)20(24)22-18-9-5-7-15-6-3-4-8-16(15)18/h5,7,9-12H,3-4,6,8,13H2,1-2H3,(H,22,24). The molecule has 0 fully saturated rings. The smallest absolute Gasteiger partial charge is 0.321 e. The van der Waals surface area contributed by atoms with Crippen LogP contribution in [0.2, 0.25) is 0 Å². The molecule has 1 N–H and O–H groups in total. The van der Waals surface area contributed by atoms with Gasteiger partial charge in [-0.05, 0) is 60.6 Å². The van der Waals surface area contributed by atoms with E-state index in [1.807, 2.05) is 12.1 Å². The van der Waals surface area contributed by atoms with Gasteiger partial charge in [0.05, 0.1) is 7.11 Å². The fourth-order valence-corrected chi connectivity index (χ4v) is 3.26. The average Bonchev–Trinajstić information content (AvgIpc) is 2.62. The molecule has 0 saturated heterocycles. The molecule has 0 heterocycles. The number of anilines is 1. The molecule has 5 heteroatoms. The van der Waals surface area contributed by atoms with Crippen LogP contribution in [-0.2, 0) is 19.4 Å². The molecule has 2 aromatic rings. The number of amides is 2. The zero-order valence-corrected chi connectivity index (χ0v) is 14.6. The molecule has 0 bridgehead atoms. The molecule has 1 aliphatic rings. The van der Waals surface area contributed by atoms with Crippen molar-refractivity contribution in [3.05, 3.63) is 58.9 Å². The van der Waals surface area contributed by atoms with Crippen molar-refractivity contribution in [2.24, 2.45) is 0 Å². The lowest BCUT2D eigenvalue weighted by atomic mass is 9.90. The highest BCUT2D eigenvalue weighted by Crippen LogP contribution is 2.28. The van der Waals surface area contributed by atoms with Crippen LogP contribution in [0.15, 0.2) is 36.4 Å². The second kappa shape index (κ2) is 7.55. The number of nitrogens with zero attached hydrogens (tertiary/aromatic N) is 1. The first-order chi connectivity index (χ1) is 12.1. The highest BCUT2D eigenvalue weighted by Gasteiger charge is 2.16. The van der Waals surface area contributed by atoms with E-state index in [4.69, 9.17) is 4.74 Å². The van der Waals surface area contributed by atoms with Crippen LogP contribution in [0.25, 0.3) is 0 Å². The molecular formula is C20H23FN2O2. The zero-order valence-electron chi connectivity index (χ0n) is 14.6. The Balaban J connectivity index is 1.68. The first kappa shape index (κ1) is 17.3. The van der Waals surface area contributed by atoms with Gasteiger partial charge in [-0.2, -0.15) is 0 Å². The number of ether oxygens (including phenoxy) is 1. The summed E-state index contributed by atoms with van der Waals surface area (Å²) < 4.78 is 18.7. The number of hydrogen-bond donors (Lipinski definition) is 1. The maximum atomic E-state index is 13.8. The quantitative estimate of drug-likeness (QED) is 0.896. The summed E-state index contributed by atoms with van der Waals surface area (Å²) in [5, 5.41) is 3.00. The summed E-state index contributed by atoms with van der Waals surface area (Å²) in [4.78, 5) is 14.1. The number of methoxy groups -OCH3 is 1. The van der Waals surface area contributed by atoms with Crippen LogP contribution < -0.4 is 10.1 Å². The fourth-order valence-electron chi connectivity index (χ4n) is 3.26. The second-order valence-electron chi connectivity index (χ2n) is 6.41. The third kappa shape index (κ3) is 3.92. The molecule has 2 amide bonds. The summed E-state index contributed by atoms with van der Waals surface area (Å²) in [6.07, 6.45) is 4.42. The number of carbonyl (C=O) groups excluding carboxylic acids is 1. The maximum Gasteiger partial charge on any atom is 0.321 e. The van der Waals surface area contributed by atoms with Crippen molar-refractivity contribution >= 4 is 11.7 Å². The topological polar surface area (TPSA) is 41.6 Å². The molecule has 3 rings (SSSR count). The Morgan fingerprint density at radius 1 is 1.24 bits per heavy atom. The third-order valence-electron chi connectivity index (χ3n) is 4.62. The highest BCUT2D eigenvalue weighted by atomic mass is 19.1. The lowest BCUT2D eigenvalue weighted by Crippen LogP contribution is -2.31. The summed E-state index contributed by atoms with van der Waals surface area (Å²) in [5.41, 5.74) is 4.16. The van der Waals surface area contributed by atoms with Gasteiger partial charge < -0.3 is 15.0 Å². The molecular weight excluding hydrogens is 319 g/mol. The third-order valence-corrected chi connectivity index (χ3v) is 4.62. The Hall–Kier alpha value is -2.56. The van der Waals surface area contributed by atoms with E-state index in [-0.39, 0.29) is 11.8 Å². The van der Waals surface area contributed by atoms with Crippen LogP contribution >= 0.6 is 0 Å². The summed E-state index contributed by atoms with van der Waals surface area (Å²) in [6, 6.07) is 10.6. The molecule has 1 aliphatic carbocycles. The van der Waals surface area contributed by atoms with Crippen LogP contribution in [0.5, 0.6) is 5.75 Å². The lowest BCUT2D eigenvalue weighted by molar-refractivity contribution is 0.220. The number of urea groups is 1. The molecule has 25 heavy (non-hydrogen) atoms. The van der Waals surface area contributed by atoms with Crippen LogP contribution in [-0.4, -0.2) is 25.1 Å². The largest absolute Gasteiger partial charge is 0.494 e. The van der Waals surface area contributed by atoms with E-state index in [0.29, 0.717) is 12.1 Å². The number of carbonyl (C=O) groups is 1. The van der Waals surface area contributed by atoms with Gasteiger partial charge in [-0.1, -0.05) is 18.2 Å². The molecule has 0 atom stereocenters. The van der Waals surface area contributed by atoms with Gasteiger partial charge in [0.2, 0.25) is 0 Å². The van der Waals surface area contributed by atoms with E-state index >= 15 is 0 Å². The zero-order chi connectivity index (χ0) is 17.8. The SMILES string of the molecule is COc1ccc(CN(C)C(=O)Nc2cccc3c2CCCC3)cc1F. The first-order valence-corrected chi connectivity index (χ1v) is 8.54. The fraction of sp³-hybridized carbons (Fsp3) is 0.350. The number of aryl methyl sites for hydroxylation is 1. The summed E-state index contributed by atoms with van der Waals surface area (Å²) in [5.74, 6) is -0.224. The monoisotopic (exact) mass is 342 g/mol. The van der Waals surface area contributed by atoms with E-state index in [2.05, 4.69) is 11.4 Å². The van der Waals surface area contributed by atoms with Crippen molar-refractivity contribution in [3.8, 4) is 5.75 Å². The molecule has 4 nitrogen and oxygen atoms in total. The summed E-state index contributed by atoms with van der Waals surface area (Å²) in [6.45, 7) is 0.321. The minimum atomic E-state index is -0.425. The van der Waals surface area contributed by atoms with Crippen LogP contribution in [0, 0.1) is 5.82 Å². The van der Waals surface area contributed by atoms with Crippen molar-refractivity contribution in [1.29, 1.82) is 0 Å². The van der Waals surface area contributed by atoms with Crippen molar-refractivity contribution in [3.63, 3.8) is 0 Å². The summed E-state index contributed by atoms with van der Waals surface area (Å²) >= 11 is 0. The molecule has 0 radical (unpaired) electrons. The number of nitrogens with one attached hydrogen (secondary N) is 1. The Labute approximate surface area is 147 Å². The van der Waals surface area contributed by atoms with Gasteiger partial charge >= 0.3 is 6.03 Å². The van der Waals surface area contributed by atoms with Crippen LogP contribution in [0.3, 0.4) is 0 Å². The van der Waals surface area contributed by atoms with Gasteiger partial charge in [0.15, 0.2) is 11.6 Å². The Morgan fingerprint density at radius 2 is 2.04 bits per heavy atom. The molecule has 0 saturated carbocycles. The molecule has 0 spiro atoms. The van der Waals surface area contributed by atoms with E-state index in [1.165, 1.54) is 30.7 Å². The second-order valence-corrected chi connectivity index (χ2v) is 6.41. The predicted octanol–water partition coefficient (Wildman–Crippen LogP) is 4.38. The van der Waals surface area contributed by atoms with E-state index in [9.17, 15) is 9.18 Å². The van der Waals surface area contributed by atoms with Gasteiger partial charge in [-0.3, -0.25) is 0 Å². The number of hydrogen-bond acceptors (Lipinski definition) is 2. The van der Waals surface area contributed by atoms with E-state index < -0.39 is 5.82 Å². The Bertz CT molecular complexity index is 776. The van der Waals surface area contributed by atoms with E-state index in [1.54, 1.807) is 24.1 Å². The number of fused-ring (bicyclic) bond motifs is 1. The first-order valence-electron chi connectivity index (χ1n) is 8.54. The molecule has 0 aromatic heterocycles. The number of rotatable bonds is 4. The number of benzene rings is 2. The van der Waals surface area contributed by atoms with Gasteiger partial charge in [-0.15, -0.1) is 0 Å². The van der Waals surface area contributed by atoms with Gasteiger partial charge in [0, 0.05) is 19.3 Å². The van der Waals surface area contributed by atoms with Crippen LogP contribution in [0.1, 0.15) is 29.5 Å². The average molecular weight is 342 g/mol. The lowest BCUT2D eigenvalue weighted by Gasteiger charge is -2.22. The minimum Gasteiger partial charge on any atom is -0.494 e. The molecule has 2 aromatic carbocycles. The Morgan fingerprint density at radius 3 is 2.80 bits per heavy atom. The number of halogens is 1. The van der Waals surface area contributed by atoms with Crippen molar-refractivity contribution in [1.82, 2.24) is 4.90 Å². The molecule has 0 unspecified atom stereocenters. The maximum absolute atomic E-state index is 13.8.